The lowest BCUT2D eigenvalue weighted by atomic mass is 10.2. The highest BCUT2D eigenvalue weighted by Gasteiger charge is 2.12. The molecule has 0 fully saturated rings. The Hall–Kier alpha value is -2.67. The Bertz CT molecular complexity index is 860. The zero-order valence-electron chi connectivity index (χ0n) is 11.4. The first-order chi connectivity index (χ1) is 10.6. The van der Waals surface area contributed by atoms with Crippen molar-refractivity contribution >= 4 is 34.1 Å². The third-order valence-electron chi connectivity index (χ3n) is 3.15. The van der Waals surface area contributed by atoms with Crippen LogP contribution in [0.25, 0.3) is 16.7 Å². The molecule has 0 saturated carbocycles. The Labute approximate surface area is 130 Å². The second-order valence-electron chi connectivity index (χ2n) is 4.64. The number of nitrogens with zero attached hydrogens (tertiary/aromatic N) is 3. The Morgan fingerprint density at radius 2 is 2.23 bits per heavy atom. The molecule has 0 aliphatic heterocycles. The molecule has 2 aromatic heterocycles. The quantitative estimate of drug-likeness (QED) is 0.687. The monoisotopic (exact) mass is 318 g/mol. The minimum absolute atomic E-state index is 0.0793. The molecule has 0 radical (unpaired) electrons. The number of anilines is 1. The predicted molar refractivity (Wildman–Crippen MR) is 83.4 cm³/mol. The Kier molecular flexibility index (Phi) is 3.64. The highest BCUT2D eigenvalue weighted by Crippen LogP contribution is 2.21. The molecule has 0 amide bonds. The molecular weight excluding hydrogens is 307 g/mol. The third kappa shape index (κ3) is 2.58. The van der Waals surface area contributed by atoms with Crippen molar-refractivity contribution in [1.82, 2.24) is 25.5 Å². The molecule has 0 saturated heterocycles. The number of halogens is 2. The van der Waals surface area contributed by atoms with Gasteiger partial charge >= 0.3 is 0 Å². The van der Waals surface area contributed by atoms with E-state index in [-0.39, 0.29) is 5.02 Å². The van der Waals surface area contributed by atoms with Gasteiger partial charge in [-0.05, 0) is 17.7 Å². The molecule has 1 aromatic carbocycles. The zero-order chi connectivity index (χ0) is 15.7. The van der Waals surface area contributed by atoms with Gasteiger partial charge in [0.05, 0.1) is 10.7 Å². The third-order valence-corrected chi connectivity index (χ3v) is 3.44. The fourth-order valence-corrected chi connectivity index (χ4v) is 2.23. The van der Waals surface area contributed by atoms with E-state index < -0.39 is 5.82 Å². The molecule has 0 spiro atoms. The van der Waals surface area contributed by atoms with Gasteiger partial charge in [-0.2, -0.15) is 5.10 Å². The summed E-state index contributed by atoms with van der Waals surface area (Å²) in [6.45, 7) is 4.37. The van der Waals surface area contributed by atoms with Gasteiger partial charge in [0.2, 0.25) is 0 Å². The number of nitrogens with two attached hydrogens (primary N) is 1. The van der Waals surface area contributed by atoms with E-state index in [0.717, 1.165) is 5.56 Å². The van der Waals surface area contributed by atoms with Crippen molar-refractivity contribution in [3.63, 3.8) is 0 Å². The van der Waals surface area contributed by atoms with E-state index in [0.29, 0.717) is 34.8 Å². The molecule has 8 heteroatoms. The average molecular weight is 319 g/mol. The van der Waals surface area contributed by atoms with Crippen LogP contribution in [-0.2, 0) is 6.54 Å². The minimum atomic E-state index is -0.449. The number of benzene rings is 1. The smallest absolute Gasteiger partial charge is 0.172 e. The van der Waals surface area contributed by atoms with Crippen molar-refractivity contribution in [2.75, 3.05) is 5.73 Å². The molecule has 3 aromatic rings. The van der Waals surface area contributed by atoms with Crippen molar-refractivity contribution in [1.29, 1.82) is 0 Å². The average Bonchev–Trinajstić information content (AvgIpc) is 2.90. The largest absolute Gasteiger partial charge is 0.380 e. The number of aromatic nitrogens is 4. The number of fused-ring (bicyclic) bond motifs is 1. The number of rotatable bonds is 4. The van der Waals surface area contributed by atoms with Gasteiger partial charge in [-0.25, -0.2) is 14.4 Å². The summed E-state index contributed by atoms with van der Waals surface area (Å²) in [4.78, 5) is 8.24. The Balaban J connectivity index is 1.80. The minimum Gasteiger partial charge on any atom is -0.380 e. The highest BCUT2D eigenvalue weighted by atomic mass is 35.5. The second-order valence-corrected chi connectivity index (χ2v) is 5.04. The van der Waals surface area contributed by atoms with Gasteiger partial charge in [-0.15, -0.1) is 0 Å². The van der Waals surface area contributed by atoms with E-state index in [1.54, 1.807) is 12.1 Å². The summed E-state index contributed by atoms with van der Waals surface area (Å²) >= 11 is 5.75. The van der Waals surface area contributed by atoms with Gasteiger partial charge in [0.25, 0.3) is 0 Å². The number of hydrogen-bond acceptors (Lipinski definition) is 5. The summed E-state index contributed by atoms with van der Waals surface area (Å²) in [5.74, 6) is -0.147. The molecule has 0 bridgehead atoms. The van der Waals surface area contributed by atoms with Crippen molar-refractivity contribution in [3.05, 3.63) is 53.2 Å². The molecule has 3 rings (SSSR count). The van der Waals surface area contributed by atoms with Crippen LogP contribution in [0, 0.1) is 5.82 Å². The first kappa shape index (κ1) is 14.3. The molecule has 4 N–H and O–H groups in total. The highest BCUT2D eigenvalue weighted by molar-refractivity contribution is 6.30. The van der Waals surface area contributed by atoms with Gasteiger partial charge in [-0.3, -0.25) is 5.10 Å². The van der Waals surface area contributed by atoms with E-state index in [1.807, 2.05) is 0 Å². The van der Waals surface area contributed by atoms with E-state index in [1.165, 1.54) is 12.4 Å². The van der Waals surface area contributed by atoms with Crippen molar-refractivity contribution < 1.29 is 4.39 Å². The summed E-state index contributed by atoms with van der Waals surface area (Å²) < 4.78 is 13.1. The SMILES string of the molecule is C=C(NCc1ccc(F)c(Cl)c1)c1ncnc2c(N)n[nH]c12. The molecule has 6 nitrogen and oxygen atoms in total. The van der Waals surface area contributed by atoms with Crippen LogP contribution >= 0.6 is 11.6 Å². The Morgan fingerprint density at radius 1 is 1.41 bits per heavy atom. The zero-order valence-corrected chi connectivity index (χ0v) is 12.2. The molecule has 0 aliphatic rings. The summed E-state index contributed by atoms with van der Waals surface area (Å²) in [6, 6.07) is 4.52. The number of hydrogen-bond donors (Lipinski definition) is 3. The first-order valence-corrected chi connectivity index (χ1v) is 6.75. The van der Waals surface area contributed by atoms with Gasteiger partial charge in [0.15, 0.2) is 5.82 Å². The molecule has 2 heterocycles. The lowest BCUT2D eigenvalue weighted by molar-refractivity contribution is 0.627. The topological polar surface area (TPSA) is 92.5 Å². The standard InChI is InChI=1S/C14H12ClFN6/c1-7(18-5-8-2-3-10(16)9(15)4-8)11-12-13(20-6-19-11)14(17)22-21-12/h2-4,6,18H,1,5H2,(H3,17,21,22). The summed E-state index contributed by atoms with van der Waals surface area (Å²) in [6.07, 6.45) is 1.39. The van der Waals surface area contributed by atoms with Crippen LogP contribution < -0.4 is 11.1 Å². The van der Waals surface area contributed by atoms with E-state index in [9.17, 15) is 4.39 Å². The van der Waals surface area contributed by atoms with Gasteiger partial charge in [0.1, 0.15) is 28.9 Å². The fraction of sp³-hybridized carbons (Fsp3) is 0.0714. The number of H-pyrrole nitrogens is 1. The molecule has 22 heavy (non-hydrogen) atoms. The molecule has 0 atom stereocenters. The van der Waals surface area contributed by atoms with Crippen LogP contribution in [0.1, 0.15) is 11.3 Å². The maximum Gasteiger partial charge on any atom is 0.172 e. The molecular formula is C14H12ClFN6. The maximum atomic E-state index is 13.1. The Morgan fingerprint density at radius 3 is 3.00 bits per heavy atom. The van der Waals surface area contributed by atoms with Gasteiger partial charge < -0.3 is 11.1 Å². The molecule has 112 valence electrons. The molecule has 0 aliphatic carbocycles. The maximum absolute atomic E-state index is 13.1. The van der Waals surface area contributed by atoms with Crippen LogP contribution in [-0.4, -0.2) is 20.2 Å². The predicted octanol–water partition coefficient (Wildman–Crippen LogP) is 2.49. The van der Waals surface area contributed by atoms with E-state index in [2.05, 4.69) is 32.1 Å². The number of aromatic amines is 1. The normalized spacial score (nSPS) is 10.8. The van der Waals surface area contributed by atoms with Crippen molar-refractivity contribution in [2.24, 2.45) is 0 Å². The summed E-state index contributed by atoms with van der Waals surface area (Å²) in [7, 11) is 0. The van der Waals surface area contributed by atoms with Crippen LogP contribution in [0.3, 0.4) is 0 Å². The summed E-state index contributed by atoms with van der Waals surface area (Å²) in [5, 5.41) is 9.87. The lowest BCUT2D eigenvalue weighted by Crippen LogP contribution is -2.12. The molecule has 0 unspecified atom stereocenters. The number of nitrogen functional groups attached to an aromatic ring is 1. The van der Waals surface area contributed by atoms with Gasteiger partial charge in [-0.1, -0.05) is 24.2 Å². The van der Waals surface area contributed by atoms with Crippen LogP contribution in [0.2, 0.25) is 5.02 Å². The first-order valence-electron chi connectivity index (χ1n) is 6.38. The van der Waals surface area contributed by atoms with E-state index >= 15 is 0 Å². The lowest BCUT2D eigenvalue weighted by Gasteiger charge is -2.10. The van der Waals surface area contributed by atoms with Gasteiger partial charge in [0, 0.05) is 6.54 Å². The van der Waals surface area contributed by atoms with Crippen molar-refractivity contribution in [3.8, 4) is 0 Å². The van der Waals surface area contributed by atoms with Crippen LogP contribution in [0.15, 0.2) is 31.1 Å². The van der Waals surface area contributed by atoms with E-state index in [4.69, 9.17) is 17.3 Å². The van der Waals surface area contributed by atoms with Crippen LogP contribution in [0.5, 0.6) is 0 Å². The van der Waals surface area contributed by atoms with Crippen molar-refractivity contribution in [2.45, 2.75) is 6.54 Å². The second kappa shape index (κ2) is 5.61. The fourth-order valence-electron chi connectivity index (χ4n) is 2.03. The van der Waals surface area contributed by atoms with Crippen LogP contribution in [0.4, 0.5) is 10.2 Å². The summed E-state index contributed by atoms with van der Waals surface area (Å²) in [5.41, 5.74) is 8.81. The number of nitrogens with one attached hydrogen (secondary N) is 2.